The molecule has 0 heterocycles. The average molecular weight is 246 g/mol. The third kappa shape index (κ3) is 3.33. The van der Waals surface area contributed by atoms with Gasteiger partial charge in [-0.25, -0.2) is 0 Å². The van der Waals surface area contributed by atoms with E-state index >= 15 is 0 Å². The summed E-state index contributed by atoms with van der Waals surface area (Å²) >= 11 is 0. The van der Waals surface area contributed by atoms with E-state index in [-0.39, 0.29) is 11.9 Å². The number of hydrogen-bond acceptors (Lipinski definition) is 2. The fraction of sp³-hybridized carbons (Fsp3) is 0.533. The van der Waals surface area contributed by atoms with Crippen molar-refractivity contribution >= 4 is 5.91 Å². The molecule has 1 fully saturated rings. The first-order valence-electron chi connectivity index (χ1n) is 6.61. The highest BCUT2D eigenvalue weighted by molar-refractivity contribution is 5.80. The molecule has 3 nitrogen and oxygen atoms in total. The first-order chi connectivity index (χ1) is 8.58. The summed E-state index contributed by atoms with van der Waals surface area (Å²) in [4.78, 5) is 13.3. The van der Waals surface area contributed by atoms with E-state index in [1.54, 1.807) is 19.0 Å². The van der Waals surface area contributed by atoms with Crippen LogP contribution in [-0.2, 0) is 11.3 Å². The normalized spacial score (nSPS) is 16.4. The molecule has 1 aromatic carbocycles. The smallest absolute Gasteiger partial charge is 0.238 e. The summed E-state index contributed by atoms with van der Waals surface area (Å²) in [6.45, 7) is 2.65. The van der Waals surface area contributed by atoms with Crippen molar-refractivity contribution in [2.45, 2.75) is 38.3 Å². The van der Waals surface area contributed by atoms with E-state index in [1.807, 2.05) is 6.92 Å². The fourth-order valence-electron chi connectivity index (χ4n) is 2.07. The van der Waals surface area contributed by atoms with Crippen LogP contribution in [-0.4, -0.2) is 30.9 Å². The maximum absolute atomic E-state index is 11.7. The number of rotatable bonds is 5. The largest absolute Gasteiger partial charge is 0.347 e. The van der Waals surface area contributed by atoms with E-state index in [1.165, 1.54) is 24.0 Å². The minimum Gasteiger partial charge on any atom is -0.347 e. The van der Waals surface area contributed by atoms with Gasteiger partial charge in [-0.1, -0.05) is 24.3 Å². The lowest BCUT2D eigenvalue weighted by Gasteiger charge is -2.18. The Morgan fingerprint density at radius 1 is 1.33 bits per heavy atom. The first-order valence-corrected chi connectivity index (χ1v) is 6.61. The molecule has 0 aliphatic heterocycles. The van der Waals surface area contributed by atoms with Crippen molar-refractivity contribution < 1.29 is 4.79 Å². The Morgan fingerprint density at radius 2 is 1.94 bits per heavy atom. The van der Waals surface area contributed by atoms with Crippen molar-refractivity contribution in [3.05, 3.63) is 35.4 Å². The van der Waals surface area contributed by atoms with E-state index in [4.69, 9.17) is 0 Å². The monoisotopic (exact) mass is 246 g/mol. The Bertz CT molecular complexity index is 407. The summed E-state index contributed by atoms with van der Waals surface area (Å²) in [6, 6.07) is 8.62. The molecular formula is C15H22N2O. The van der Waals surface area contributed by atoms with Crippen LogP contribution in [0.25, 0.3) is 0 Å². The Balaban J connectivity index is 1.84. The van der Waals surface area contributed by atoms with Crippen LogP contribution in [0, 0.1) is 0 Å². The Morgan fingerprint density at radius 3 is 2.44 bits per heavy atom. The van der Waals surface area contributed by atoms with Crippen LogP contribution in [0.3, 0.4) is 0 Å². The molecule has 18 heavy (non-hydrogen) atoms. The van der Waals surface area contributed by atoms with Crippen molar-refractivity contribution in [2.75, 3.05) is 14.1 Å². The third-order valence-electron chi connectivity index (χ3n) is 3.45. The van der Waals surface area contributed by atoms with E-state index in [2.05, 4.69) is 29.6 Å². The van der Waals surface area contributed by atoms with Gasteiger partial charge in [0, 0.05) is 20.6 Å². The molecule has 1 aromatic rings. The molecule has 1 amide bonds. The second-order valence-electron chi connectivity index (χ2n) is 5.35. The fourth-order valence-corrected chi connectivity index (χ4v) is 2.07. The lowest BCUT2D eigenvalue weighted by Crippen LogP contribution is -2.41. The van der Waals surface area contributed by atoms with Crippen molar-refractivity contribution in [1.29, 1.82) is 0 Å². The topological polar surface area (TPSA) is 32.3 Å². The number of nitrogens with one attached hydrogen (secondary N) is 1. The number of hydrogen-bond donors (Lipinski definition) is 1. The van der Waals surface area contributed by atoms with Gasteiger partial charge < -0.3 is 10.2 Å². The number of nitrogens with zero attached hydrogens (tertiary/aromatic N) is 1. The highest BCUT2D eigenvalue weighted by Crippen LogP contribution is 2.39. The van der Waals surface area contributed by atoms with Gasteiger partial charge in [0.1, 0.15) is 0 Å². The van der Waals surface area contributed by atoms with E-state index < -0.39 is 0 Å². The second kappa shape index (κ2) is 5.53. The van der Waals surface area contributed by atoms with Gasteiger partial charge in [0.15, 0.2) is 0 Å². The van der Waals surface area contributed by atoms with Crippen LogP contribution in [0.4, 0.5) is 0 Å². The molecule has 2 rings (SSSR count). The van der Waals surface area contributed by atoms with Crippen LogP contribution >= 0.6 is 0 Å². The van der Waals surface area contributed by atoms with Gasteiger partial charge in [0.05, 0.1) is 6.04 Å². The molecule has 1 aliphatic rings. The van der Waals surface area contributed by atoms with E-state index in [0.717, 1.165) is 12.5 Å². The van der Waals surface area contributed by atoms with Crippen LogP contribution < -0.4 is 5.32 Å². The van der Waals surface area contributed by atoms with Crippen LogP contribution in [0.2, 0.25) is 0 Å². The standard InChI is InChI=1S/C15H22N2O/c1-11(15(18)17(2)3)16-10-12-4-6-13(7-5-12)14-8-9-14/h4-7,11,14,16H,8-10H2,1-3H3. The minimum atomic E-state index is -0.136. The number of benzene rings is 1. The van der Waals surface area contributed by atoms with E-state index in [9.17, 15) is 4.79 Å². The number of carbonyl (C=O) groups is 1. The zero-order valence-corrected chi connectivity index (χ0v) is 11.4. The third-order valence-corrected chi connectivity index (χ3v) is 3.45. The molecule has 0 spiro atoms. The van der Waals surface area contributed by atoms with Crippen molar-refractivity contribution in [1.82, 2.24) is 10.2 Å². The maximum atomic E-state index is 11.7. The minimum absolute atomic E-state index is 0.115. The van der Waals surface area contributed by atoms with Gasteiger partial charge in [0.25, 0.3) is 0 Å². The first kappa shape index (κ1) is 13.1. The predicted molar refractivity (Wildman–Crippen MR) is 73.4 cm³/mol. The number of carbonyl (C=O) groups excluding carboxylic acids is 1. The molecule has 1 aliphatic carbocycles. The molecular weight excluding hydrogens is 224 g/mol. The van der Waals surface area contributed by atoms with Crippen LogP contribution in [0.5, 0.6) is 0 Å². The highest BCUT2D eigenvalue weighted by atomic mass is 16.2. The second-order valence-corrected chi connectivity index (χ2v) is 5.35. The molecule has 3 heteroatoms. The highest BCUT2D eigenvalue weighted by Gasteiger charge is 2.22. The van der Waals surface area contributed by atoms with Crippen LogP contribution in [0.15, 0.2) is 24.3 Å². The Hall–Kier alpha value is -1.35. The zero-order valence-electron chi connectivity index (χ0n) is 11.4. The lowest BCUT2D eigenvalue weighted by molar-refractivity contribution is -0.130. The number of amides is 1. The summed E-state index contributed by atoms with van der Waals surface area (Å²) in [5.74, 6) is 0.922. The van der Waals surface area contributed by atoms with E-state index in [0.29, 0.717) is 0 Å². The lowest BCUT2D eigenvalue weighted by atomic mass is 10.1. The quantitative estimate of drug-likeness (QED) is 0.863. The molecule has 0 saturated heterocycles. The van der Waals surface area contributed by atoms with Gasteiger partial charge in [-0.3, -0.25) is 4.79 Å². The average Bonchev–Trinajstić information content (AvgIpc) is 3.19. The summed E-state index contributed by atoms with van der Waals surface area (Å²) in [6.07, 6.45) is 2.68. The molecule has 1 atom stereocenters. The molecule has 0 radical (unpaired) electrons. The molecule has 0 bridgehead atoms. The molecule has 0 aromatic heterocycles. The summed E-state index contributed by atoms with van der Waals surface area (Å²) in [7, 11) is 3.57. The van der Waals surface area contributed by atoms with Crippen molar-refractivity contribution in [3.8, 4) is 0 Å². The molecule has 98 valence electrons. The van der Waals surface area contributed by atoms with Crippen molar-refractivity contribution in [3.63, 3.8) is 0 Å². The SMILES string of the molecule is CC(NCc1ccc(C2CC2)cc1)C(=O)N(C)C. The molecule has 1 saturated carbocycles. The van der Waals surface area contributed by atoms with Gasteiger partial charge >= 0.3 is 0 Å². The van der Waals surface area contributed by atoms with Crippen LogP contribution in [0.1, 0.15) is 36.8 Å². The van der Waals surface area contributed by atoms with Gasteiger partial charge in [-0.05, 0) is 36.8 Å². The maximum Gasteiger partial charge on any atom is 0.238 e. The zero-order chi connectivity index (χ0) is 13.1. The van der Waals surface area contributed by atoms with Crippen molar-refractivity contribution in [2.24, 2.45) is 0 Å². The molecule has 1 N–H and O–H groups in total. The molecule has 1 unspecified atom stereocenters. The predicted octanol–water partition coefficient (Wildman–Crippen LogP) is 2.13. The Labute approximate surface area is 109 Å². The number of likely N-dealkylation sites (N-methyl/N-ethyl adjacent to an activating group) is 1. The van der Waals surface area contributed by atoms with Gasteiger partial charge in [0.2, 0.25) is 5.91 Å². The Kier molecular flexibility index (Phi) is 4.02. The summed E-state index contributed by atoms with van der Waals surface area (Å²) in [5.41, 5.74) is 2.69. The summed E-state index contributed by atoms with van der Waals surface area (Å²) in [5, 5.41) is 3.25. The van der Waals surface area contributed by atoms with Gasteiger partial charge in [-0.15, -0.1) is 0 Å². The van der Waals surface area contributed by atoms with Gasteiger partial charge in [-0.2, -0.15) is 0 Å². The summed E-state index contributed by atoms with van der Waals surface area (Å²) < 4.78 is 0.